The van der Waals surface area contributed by atoms with Crippen LogP contribution >= 0.6 is 15.9 Å². The number of anilines is 1. The van der Waals surface area contributed by atoms with Crippen molar-refractivity contribution in [2.45, 2.75) is 13.5 Å². The van der Waals surface area contributed by atoms with Crippen LogP contribution in [0.2, 0.25) is 0 Å². The highest BCUT2D eigenvalue weighted by atomic mass is 79.9. The summed E-state index contributed by atoms with van der Waals surface area (Å²) in [6.45, 7) is 2.81. The Morgan fingerprint density at radius 3 is 2.74 bits per heavy atom. The number of nitrogens with one attached hydrogen (secondary N) is 2. The van der Waals surface area contributed by atoms with Crippen molar-refractivity contribution in [2.75, 3.05) is 5.32 Å². The van der Waals surface area contributed by atoms with Gasteiger partial charge in [-0.05, 0) is 42.0 Å². The van der Waals surface area contributed by atoms with Gasteiger partial charge >= 0.3 is 0 Å². The Kier molecular flexibility index (Phi) is 3.25. The van der Waals surface area contributed by atoms with Gasteiger partial charge < -0.3 is 5.32 Å². The highest BCUT2D eigenvalue weighted by Crippen LogP contribution is 2.23. The fourth-order valence-corrected chi connectivity index (χ4v) is 2.46. The molecule has 0 aliphatic rings. The predicted molar refractivity (Wildman–Crippen MR) is 82.3 cm³/mol. The molecular weight excluding hydrogens is 302 g/mol. The van der Waals surface area contributed by atoms with Crippen LogP contribution in [-0.2, 0) is 6.54 Å². The smallest absolute Gasteiger partial charge is 0.0539 e. The Morgan fingerprint density at radius 1 is 1.16 bits per heavy atom. The van der Waals surface area contributed by atoms with E-state index >= 15 is 0 Å². The van der Waals surface area contributed by atoms with Crippen molar-refractivity contribution in [3.05, 3.63) is 58.3 Å². The molecule has 0 saturated heterocycles. The summed E-state index contributed by atoms with van der Waals surface area (Å²) in [5.41, 5.74) is 3.42. The van der Waals surface area contributed by atoms with Crippen LogP contribution in [0.15, 0.2) is 47.1 Å². The zero-order valence-electron chi connectivity index (χ0n) is 10.6. The molecule has 4 heteroatoms. The molecule has 3 nitrogen and oxygen atoms in total. The monoisotopic (exact) mass is 315 g/mol. The predicted octanol–water partition coefficient (Wildman–Crippen LogP) is 4.25. The maximum atomic E-state index is 4.02. The first kappa shape index (κ1) is 12.2. The number of aromatic amines is 1. The third kappa shape index (κ3) is 2.63. The average Bonchev–Trinajstić information content (AvgIpc) is 2.82. The van der Waals surface area contributed by atoms with Crippen LogP contribution in [0.25, 0.3) is 10.8 Å². The van der Waals surface area contributed by atoms with Crippen LogP contribution < -0.4 is 5.32 Å². The Labute approximate surface area is 120 Å². The van der Waals surface area contributed by atoms with Crippen LogP contribution in [0.4, 0.5) is 5.69 Å². The Balaban J connectivity index is 1.82. The van der Waals surface area contributed by atoms with Gasteiger partial charge in [-0.1, -0.05) is 28.1 Å². The van der Waals surface area contributed by atoms with E-state index in [0.29, 0.717) is 0 Å². The zero-order valence-corrected chi connectivity index (χ0v) is 12.2. The zero-order chi connectivity index (χ0) is 13.2. The number of aromatic nitrogens is 2. The molecule has 3 rings (SSSR count). The summed E-state index contributed by atoms with van der Waals surface area (Å²) in [6, 6.07) is 12.7. The number of H-pyrrole nitrogens is 1. The molecule has 1 heterocycles. The maximum absolute atomic E-state index is 4.02. The summed E-state index contributed by atoms with van der Waals surface area (Å²) in [5.74, 6) is 0. The highest BCUT2D eigenvalue weighted by molar-refractivity contribution is 9.10. The van der Waals surface area contributed by atoms with E-state index in [2.05, 4.69) is 67.8 Å². The normalized spacial score (nSPS) is 10.8. The number of hydrogen-bond acceptors (Lipinski definition) is 2. The van der Waals surface area contributed by atoms with Crippen LogP contribution in [0, 0.1) is 6.92 Å². The third-order valence-corrected chi connectivity index (χ3v) is 3.71. The van der Waals surface area contributed by atoms with E-state index in [9.17, 15) is 0 Å². The summed E-state index contributed by atoms with van der Waals surface area (Å²) < 4.78 is 1.11. The van der Waals surface area contributed by atoms with Crippen molar-refractivity contribution in [1.29, 1.82) is 0 Å². The first-order valence-corrected chi connectivity index (χ1v) is 6.94. The standard InChI is InChI=1S/C15H14BrN3/c1-10-13(9-18-19-10)8-17-15-5-3-11-6-14(16)4-2-12(11)7-15/h2-7,9,17H,8H2,1H3,(H,18,19). The van der Waals surface area contributed by atoms with E-state index in [1.807, 2.05) is 13.1 Å². The number of halogens is 1. The average molecular weight is 316 g/mol. The Hall–Kier alpha value is -1.81. The number of nitrogens with zero attached hydrogens (tertiary/aromatic N) is 1. The molecule has 0 radical (unpaired) electrons. The van der Waals surface area contributed by atoms with Crippen LogP contribution in [0.5, 0.6) is 0 Å². The lowest BCUT2D eigenvalue weighted by Gasteiger charge is -2.07. The summed E-state index contributed by atoms with van der Waals surface area (Å²) in [6.07, 6.45) is 1.86. The van der Waals surface area contributed by atoms with Crippen LogP contribution in [0.3, 0.4) is 0 Å². The van der Waals surface area contributed by atoms with Crippen molar-refractivity contribution >= 4 is 32.4 Å². The Morgan fingerprint density at radius 2 is 1.95 bits per heavy atom. The summed E-state index contributed by atoms with van der Waals surface area (Å²) in [7, 11) is 0. The van der Waals surface area contributed by atoms with Gasteiger partial charge in [-0.3, -0.25) is 5.10 Å². The van der Waals surface area contributed by atoms with E-state index in [1.54, 1.807) is 0 Å². The fraction of sp³-hybridized carbons (Fsp3) is 0.133. The number of fused-ring (bicyclic) bond motifs is 1. The second-order valence-corrected chi connectivity index (χ2v) is 5.50. The lowest BCUT2D eigenvalue weighted by atomic mass is 10.1. The molecule has 0 bridgehead atoms. The maximum Gasteiger partial charge on any atom is 0.0539 e. The summed E-state index contributed by atoms with van der Waals surface area (Å²) in [4.78, 5) is 0. The fourth-order valence-electron chi connectivity index (χ4n) is 2.08. The van der Waals surface area contributed by atoms with Gasteiger partial charge in [0.2, 0.25) is 0 Å². The minimum Gasteiger partial charge on any atom is -0.381 e. The van der Waals surface area contributed by atoms with Crippen molar-refractivity contribution in [3.8, 4) is 0 Å². The van der Waals surface area contributed by atoms with Gasteiger partial charge in [-0.2, -0.15) is 5.10 Å². The summed E-state index contributed by atoms with van der Waals surface area (Å²) >= 11 is 3.49. The third-order valence-electron chi connectivity index (χ3n) is 3.22. The molecule has 0 saturated carbocycles. The molecule has 3 aromatic rings. The van der Waals surface area contributed by atoms with Gasteiger partial charge in [-0.15, -0.1) is 0 Å². The van der Waals surface area contributed by atoms with E-state index in [1.165, 1.54) is 16.3 Å². The lowest BCUT2D eigenvalue weighted by molar-refractivity contribution is 1.04. The van der Waals surface area contributed by atoms with Crippen molar-refractivity contribution < 1.29 is 0 Å². The molecule has 19 heavy (non-hydrogen) atoms. The van der Waals surface area contributed by atoms with Crippen LogP contribution in [0.1, 0.15) is 11.3 Å². The number of rotatable bonds is 3. The minimum atomic E-state index is 0.782. The summed E-state index contributed by atoms with van der Waals surface area (Å²) in [5, 5.41) is 12.9. The second kappa shape index (κ2) is 5.05. The minimum absolute atomic E-state index is 0.782. The molecule has 0 aliphatic carbocycles. The number of benzene rings is 2. The quantitative estimate of drug-likeness (QED) is 0.758. The molecule has 0 aliphatic heterocycles. The molecule has 0 amide bonds. The van der Waals surface area contributed by atoms with Gasteiger partial charge in [0.15, 0.2) is 0 Å². The molecule has 2 N–H and O–H groups in total. The Bertz CT molecular complexity index is 718. The van der Waals surface area contributed by atoms with Crippen molar-refractivity contribution in [3.63, 3.8) is 0 Å². The van der Waals surface area contributed by atoms with Gasteiger partial charge in [0.05, 0.1) is 6.20 Å². The molecule has 0 spiro atoms. The molecule has 0 unspecified atom stereocenters. The van der Waals surface area contributed by atoms with Gasteiger partial charge in [-0.25, -0.2) is 0 Å². The molecule has 0 fully saturated rings. The van der Waals surface area contributed by atoms with E-state index < -0.39 is 0 Å². The van der Waals surface area contributed by atoms with E-state index in [0.717, 1.165) is 22.4 Å². The van der Waals surface area contributed by atoms with Crippen molar-refractivity contribution in [2.24, 2.45) is 0 Å². The van der Waals surface area contributed by atoms with E-state index in [4.69, 9.17) is 0 Å². The molecule has 2 aromatic carbocycles. The number of hydrogen-bond donors (Lipinski definition) is 2. The topological polar surface area (TPSA) is 40.7 Å². The molecular formula is C15H14BrN3. The highest BCUT2D eigenvalue weighted by Gasteiger charge is 2.01. The largest absolute Gasteiger partial charge is 0.381 e. The molecule has 96 valence electrons. The van der Waals surface area contributed by atoms with Crippen LogP contribution in [-0.4, -0.2) is 10.2 Å². The first-order chi connectivity index (χ1) is 9.22. The lowest BCUT2D eigenvalue weighted by Crippen LogP contribution is -1.99. The number of aryl methyl sites for hydroxylation is 1. The van der Waals surface area contributed by atoms with Gasteiger partial charge in [0.25, 0.3) is 0 Å². The molecule has 0 atom stereocenters. The van der Waals surface area contributed by atoms with Gasteiger partial charge in [0, 0.05) is 28.0 Å². The van der Waals surface area contributed by atoms with Crippen molar-refractivity contribution in [1.82, 2.24) is 10.2 Å². The van der Waals surface area contributed by atoms with E-state index in [-0.39, 0.29) is 0 Å². The SMILES string of the molecule is Cc1[nH]ncc1CNc1ccc2cc(Br)ccc2c1. The first-order valence-electron chi connectivity index (χ1n) is 6.14. The second-order valence-electron chi connectivity index (χ2n) is 4.58. The molecule has 1 aromatic heterocycles. The van der Waals surface area contributed by atoms with Gasteiger partial charge in [0.1, 0.15) is 0 Å².